The van der Waals surface area contributed by atoms with Crippen molar-refractivity contribution in [2.45, 2.75) is 19.5 Å². The van der Waals surface area contributed by atoms with Crippen LogP contribution < -0.4 is 5.73 Å². The summed E-state index contributed by atoms with van der Waals surface area (Å²) in [6, 6.07) is 8.36. The van der Waals surface area contributed by atoms with Gasteiger partial charge in [0.05, 0.1) is 6.61 Å². The van der Waals surface area contributed by atoms with Crippen molar-refractivity contribution in [2.24, 2.45) is 0 Å². The zero-order valence-electron chi connectivity index (χ0n) is 9.73. The molecule has 0 bridgehead atoms. The van der Waals surface area contributed by atoms with Gasteiger partial charge in [0.1, 0.15) is 0 Å². The van der Waals surface area contributed by atoms with E-state index in [1.807, 2.05) is 18.2 Å². The summed E-state index contributed by atoms with van der Waals surface area (Å²) in [6.45, 7) is 3.74. The lowest BCUT2D eigenvalue weighted by atomic mass is 10.1. The number of para-hydroxylation sites is 1. The monoisotopic (exact) mass is 208 g/mol. The second-order valence-electron chi connectivity index (χ2n) is 3.92. The van der Waals surface area contributed by atoms with Crippen molar-refractivity contribution >= 4 is 5.69 Å². The number of nitrogen functional groups attached to an aromatic ring is 1. The van der Waals surface area contributed by atoms with E-state index in [1.165, 1.54) is 5.56 Å². The molecule has 0 aliphatic heterocycles. The Morgan fingerprint density at radius 1 is 1.40 bits per heavy atom. The third-order valence-corrected chi connectivity index (χ3v) is 2.64. The van der Waals surface area contributed by atoms with Crippen molar-refractivity contribution in [2.75, 3.05) is 26.5 Å². The fraction of sp³-hybridized carbons (Fsp3) is 0.500. The minimum atomic E-state index is 0.398. The van der Waals surface area contributed by atoms with Crippen molar-refractivity contribution in [3.05, 3.63) is 29.8 Å². The standard InChI is InChI=1S/C12H20N2O/c1-10(9-15-3)14(2)8-11-6-4-5-7-12(11)13/h4-7,10H,8-9,13H2,1-3H3. The molecule has 0 aromatic heterocycles. The van der Waals surface area contributed by atoms with Gasteiger partial charge in [0.2, 0.25) is 0 Å². The van der Waals surface area contributed by atoms with E-state index in [4.69, 9.17) is 10.5 Å². The third kappa shape index (κ3) is 3.53. The van der Waals surface area contributed by atoms with Crippen LogP contribution in [0.2, 0.25) is 0 Å². The summed E-state index contributed by atoms with van der Waals surface area (Å²) < 4.78 is 5.12. The second kappa shape index (κ2) is 5.73. The van der Waals surface area contributed by atoms with Crippen LogP contribution in [0.1, 0.15) is 12.5 Å². The molecule has 84 valence electrons. The van der Waals surface area contributed by atoms with Gasteiger partial charge in [-0.15, -0.1) is 0 Å². The maximum absolute atomic E-state index is 5.89. The van der Waals surface area contributed by atoms with Crippen LogP contribution in [0.5, 0.6) is 0 Å². The molecule has 0 radical (unpaired) electrons. The minimum Gasteiger partial charge on any atom is -0.398 e. The topological polar surface area (TPSA) is 38.5 Å². The van der Waals surface area contributed by atoms with Crippen LogP contribution in [0.15, 0.2) is 24.3 Å². The fourth-order valence-corrected chi connectivity index (χ4v) is 1.47. The molecule has 0 heterocycles. The lowest BCUT2D eigenvalue weighted by Crippen LogP contribution is -2.32. The number of rotatable bonds is 5. The fourth-order valence-electron chi connectivity index (χ4n) is 1.47. The molecule has 2 N–H and O–H groups in total. The molecule has 1 aromatic carbocycles. The maximum atomic E-state index is 5.89. The first kappa shape index (κ1) is 12.0. The van der Waals surface area contributed by atoms with E-state index in [0.29, 0.717) is 6.04 Å². The lowest BCUT2D eigenvalue weighted by molar-refractivity contribution is 0.112. The predicted molar refractivity (Wildman–Crippen MR) is 63.7 cm³/mol. The molecule has 0 amide bonds. The average molecular weight is 208 g/mol. The number of hydrogen-bond donors (Lipinski definition) is 1. The number of ether oxygens (including phenoxy) is 1. The molecule has 1 aromatic rings. The van der Waals surface area contributed by atoms with Gasteiger partial charge in [-0.25, -0.2) is 0 Å². The number of methoxy groups -OCH3 is 1. The number of nitrogens with two attached hydrogens (primary N) is 1. The Morgan fingerprint density at radius 2 is 2.07 bits per heavy atom. The molecule has 0 fully saturated rings. The second-order valence-corrected chi connectivity index (χ2v) is 3.92. The summed E-state index contributed by atoms with van der Waals surface area (Å²) in [4.78, 5) is 2.23. The smallest absolute Gasteiger partial charge is 0.0615 e. The number of likely N-dealkylation sites (N-methyl/N-ethyl adjacent to an activating group) is 1. The highest BCUT2D eigenvalue weighted by Crippen LogP contribution is 2.13. The van der Waals surface area contributed by atoms with E-state index in [-0.39, 0.29) is 0 Å². The molecule has 1 rings (SSSR count). The molecule has 3 heteroatoms. The molecule has 15 heavy (non-hydrogen) atoms. The minimum absolute atomic E-state index is 0.398. The number of nitrogens with zero attached hydrogens (tertiary/aromatic N) is 1. The molecule has 3 nitrogen and oxygen atoms in total. The highest BCUT2D eigenvalue weighted by atomic mass is 16.5. The van der Waals surface area contributed by atoms with Crippen LogP contribution >= 0.6 is 0 Å². The van der Waals surface area contributed by atoms with E-state index in [2.05, 4.69) is 24.9 Å². The zero-order valence-corrected chi connectivity index (χ0v) is 9.73. The third-order valence-electron chi connectivity index (χ3n) is 2.64. The van der Waals surface area contributed by atoms with Crippen molar-refractivity contribution in [1.82, 2.24) is 4.90 Å². The molecule has 0 saturated heterocycles. The number of benzene rings is 1. The Hall–Kier alpha value is -1.06. The van der Waals surface area contributed by atoms with Gasteiger partial charge >= 0.3 is 0 Å². The van der Waals surface area contributed by atoms with E-state index in [9.17, 15) is 0 Å². The van der Waals surface area contributed by atoms with Crippen LogP contribution in [0.3, 0.4) is 0 Å². The van der Waals surface area contributed by atoms with Gasteiger partial charge in [0.15, 0.2) is 0 Å². The highest BCUT2D eigenvalue weighted by molar-refractivity contribution is 5.46. The summed E-state index contributed by atoms with van der Waals surface area (Å²) in [5, 5.41) is 0. The quantitative estimate of drug-likeness (QED) is 0.749. The van der Waals surface area contributed by atoms with Gasteiger partial charge in [-0.3, -0.25) is 4.90 Å². The molecule has 1 atom stereocenters. The maximum Gasteiger partial charge on any atom is 0.0615 e. The van der Waals surface area contributed by atoms with E-state index >= 15 is 0 Å². The first-order valence-electron chi connectivity index (χ1n) is 5.17. The molecule has 0 aliphatic carbocycles. The summed E-state index contributed by atoms with van der Waals surface area (Å²) in [7, 11) is 3.80. The summed E-state index contributed by atoms with van der Waals surface area (Å²) in [5.74, 6) is 0. The van der Waals surface area contributed by atoms with Gasteiger partial charge in [0.25, 0.3) is 0 Å². The largest absolute Gasteiger partial charge is 0.398 e. The molecular formula is C12H20N2O. The summed E-state index contributed by atoms with van der Waals surface area (Å²) >= 11 is 0. The predicted octanol–water partition coefficient (Wildman–Crippen LogP) is 1.74. The van der Waals surface area contributed by atoms with Gasteiger partial charge in [0, 0.05) is 25.4 Å². The molecular weight excluding hydrogens is 188 g/mol. The Balaban J connectivity index is 2.58. The van der Waals surface area contributed by atoms with Crippen molar-refractivity contribution in [3.63, 3.8) is 0 Å². The summed E-state index contributed by atoms with van der Waals surface area (Å²) in [5.41, 5.74) is 7.91. The Bertz CT molecular complexity index is 301. The van der Waals surface area contributed by atoms with E-state index in [0.717, 1.165) is 18.8 Å². The summed E-state index contributed by atoms with van der Waals surface area (Å²) in [6.07, 6.45) is 0. The van der Waals surface area contributed by atoms with Crippen LogP contribution in [-0.4, -0.2) is 31.7 Å². The van der Waals surface area contributed by atoms with Gasteiger partial charge < -0.3 is 10.5 Å². The van der Waals surface area contributed by atoms with Crippen molar-refractivity contribution in [3.8, 4) is 0 Å². The molecule has 0 saturated carbocycles. The Kier molecular flexibility index (Phi) is 4.59. The number of anilines is 1. The highest BCUT2D eigenvalue weighted by Gasteiger charge is 2.10. The van der Waals surface area contributed by atoms with Gasteiger partial charge in [-0.1, -0.05) is 18.2 Å². The Morgan fingerprint density at radius 3 is 2.67 bits per heavy atom. The molecule has 0 spiro atoms. The van der Waals surface area contributed by atoms with Crippen LogP contribution in [0, 0.1) is 0 Å². The van der Waals surface area contributed by atoms with E-state index < -0.39 is 0 Å². The van der Waals surface area contributed by atoms with Crippen LogP contribution in [0.25, 0.3) is 0 Å². The molecule has 1 unspecified atom stereocenters. The normalized spacial score (nSPS) is 13.1. The molecule has 0 aliphatic rings. The van der Waals surface area contributed by atoms with Crippen LogP contribution in [0.4, 0.5) is 5.69 Å². The Labute approximate surface area is 91.8 Å². The average Bonchev–Trinajstić information content (AvgIpc) is 2.21. The van der Waals surface area contributed by atoms with Crippen LogP contribution in [-0.2, 0) is 11.3 Å². The van der Waals surface area contributed by atoms with E-state index in [1.54, 1.807) is 7.11 Å². The van der Waals surface area contributed by atoms with Crippen molar-refractivity contribution < 1.29 is 4.74 Å². The van der Waals surface area contributed by atoms with Gasteiger partial charge in [-0.05, 0) is 25.6 Å². The SMILES string of the molecule is COCC(C)N(C)Cc1ccccc1N. The zero-order chi connectivity index (χ0) is 11.3. The first-order valence-corrected chi connectivity index (χ1v) is 5.17. The lowest BCUT2D eigenvalue weighted by Gasteiger charge is -2.24. The van der Waals surface area contributed by atoms with Crippen molar-refractivity contribution in [1.29, 1.82) is 0 Å². The first-order chi connectivity index (χ1) is 7.15. The number of hydrogen-bond acceptors (Lipinski definition) is 3. The van der Waals surface area contributed by atoms with Gasteiger partial charge in [-0.2, -0.15) is 0 Å².